The molecule has 0 amide bonds. The Morgan fingerprint density at radius 1 is 0.906 bits per heavy atom. The van der Waals surface area contributed by atoms with Crippen LogP contribution >= 0.6 is 17.0 Å². The number of methoxy groups -OCH3 is 2. The van der Waals surface area contributed by atoms with Crippen LogP contribution in [0.3, 0.4) is 0 Å². The second kappa shape index (κ2) is 9.74. The van der Waals surface area contributed by atoms with Gasteiger partial charge in [-0.25, -0.2) is 0 Å². The molecule has 166 valence electrons. The molecule has 0 aliphatic rings. The monoisotopic (exact) mass is 497 g/mol. The zero-order chi connectivity index (χ0) is 22.0. The van der Waals surface area contributed by atoms with Crippen molar-refractivity contribution >= 4 is 33.8 Å². The minimum atomic E-state index is -0.224. The molecule has 8 heteroatoms. The first-order chi connectivity index (χ1) is 15.0. The number of hydrogen-bond acceptors (Lipinski definition) is 5. The number of nitrogens with zero attached hydrogens (tertiary/aromatic N) is 2. The number of rotatable bonds is 7. The molecule has 0 spiro atoms. The summed E-state index contributed by atoms with van der Waals surface area (Å²) in [5.74, 6) is -0.0665. The minimum absolute atomic E-state index is 0. The number of nitrogens with one attached hydrogen (secondary N) is 1. The summed E-state index contributed by atoms with van der Waals surface area (Å²) in [6.45, 7) is 0.500. The van der Waals surface area contributed by atoms with Crippen LogP contribution in [0.4, 0.5) is 0 Å². The van der Waals surface area contributed by atoms with E-state index in [9.17, 15) is 9.90 Å². The van der Waals surface area contributed by atoms with E-state index in [2.05, 4.69) is 0 Å². The number of ketones is 1. The lowest BCUT2D eigenvalue weighted by atomic mass is 10.1. The summed E-state index contributed by atoms with van der Waals surface area (Å²) >= 11 is 0. The van der Waals surface area contributed by atoms with Crippen molar-refractivity contribution in [2.24, 2.45) is 0 Å². The molecule has 0 atom stereocenters. The number of imidazole rings is 1. The molecular weight excluding hydrogens is 474 g/mol. The summed E-state index contributed by atoms with van der Waals surface area (Å²) in [7, 11) is 2.83. The highest BCUT2D eigenvalue weighted by Gasteiger charge is 2.18. The first-order valence-corrected chi connectivity index (χ1v) is 9.78. The van der Waals surface area contributed by atoms with Crippen molar-refractivity contribution in [3.63, 3.8) is 0 Å². The van der Waals surface area contributed by atoms with Crippen LogP contribution in [0.5, 0.6) is 17.2 Å². The topological polar surface area (TPSA) is 89.5 Å². The van der Waals surface area contributed by atoms with E-state index in [1.807, 2.05) is 59.2 Å². The van der Waals surface area contributed by atoms with Crippen LogP contribution in [0.25, 0.3) is 11.0 Å². The maximum absolute atomic E-state index is 13.1. The second-order valence-corrected chi connectivity index (χ2v) is 7.12. The number of aromatic hydroxyl groups is 1. The lowest BCUT2D eigenvalue weighted by molar-refractivity contribution is 0.0970. The van der Waals surface area contributed by atoms with Gasteiger partial charge in [0.25, 0.3) is 0 Å². The van der Waals surface area contributed by atoms with Crippen molar-refractivity contribution in [3.05, 3.63) is 83.5 Å². The number of benzene rings is 3. The molecule has 0 radical (unpaired) electrons. The molecule has 1 aromatic heterocycles. The molecule has 1 heterocycles. The Morgan fingerprint density at radius 2 is 1.44 bits per heavy atom. The Labute approximate surface area is 195 Å². The van der Waals surface area contributed by atoms with E-state index in [1.54, 1.807) is 4.57 Å². The van der Waals surface area contributed by atoms with Crippen molar-refractivity contribution in [3.8, 4) is 17.2 Å². The van der Waals surface area contributed by atoms with Crippen molar-refractivity contribution in [2.45, 2.75) is 13.1 Å². The Hall–Kier alpha value is -3.52. The summed E-state index contributed by atoms with van der Waals surface area (Å²) in [4.78, 5) is 13.1. The molecule has 0 saturated carbocycles. The third kappa shape index (κ3) is 4.27. The van der Waals surface area contributed by atoms with Crippen LogP contribution in [0.15, 0.2) is 66.7 Å². The first-order valence-electron chi connectivity index (χ1n) is 9.78. The second-order valence-electron chi connectivity index (χ2n) is 7.12. The molecule has 7 nitrogen and oxygen atoms in total. The smallest absolute Gasteiger partial charge is 0.203 e. The lowest BCUT2D eigenvalue weighted by Crippen LogP contribution is -2.27. The van der Waals surface area contributed by atoms with E-state index in [0.717, 1.165) is 16.6 Å². The zero-order valence-corrected chi connectivity index (χ0v) is 19.5. The molecule has 0 aliphatic heterocycles. The molecule has 0 saturated heterocycles. The zero-order valence-electron chi connectivity index (χ0n) is 17.7. The number of aromatic nitrogens is 2. The van der Waals surface area contributed by atoms with Gasteiger partial charge in [0.2, 0.25) is 11.4 Å². The quantitative estimate of drug-likeness (QED) is 0.375. The molecule has 3 aromatic carbocycles. The van der Waals surface area contributed by atoms with Crippen molar-refractivity contribution < 1.29 is 19.4 Å². The van der Waals surface area contributed by atoms with E-state index in [1.165, 1.54) is 26.4 Å². The molecule has 4 aromatic rings. The minimum Gasteiger partial charge on any atom is -0.502 e. The number of fused-ring (bicyclic) bond motifs is 1. The fourth-order valence-corrected chi connectivity index (χ4v) is 3.67. The highest BCUT2D eigenvalue weighted by molar-refractivity contribution is 8.93. The number of phenolic OH excluding ortho intramolecular Hbond substituents is 1. The lowest BCUT2D eigenvalue weighted by Gasteiger charge is -2.11. The molecular formula is C24H24BrN3O4. The number of para-hydroxylation sites is 2. The van der Waals surface area contributed by atoms with Gasteiger partial charge in [-0.2, -0.15) is 0 Å². The van der Waals surface area contributed by atoms with Crippen molar-refractivity contribution in [2.75, 3.05) is 14.2 Å². The van der Waals surface area contributed by atoms with Crippen LogP contribution in [-0.2, 0) is 13.1 Å². The first kappa shape index (κ1) is 23.1. The van der Waals surface area contributed by atoms with Gasteiger partial charge in [-0.1, -0.05) is 42.5 Å². The standard InChI is InChI=1S/C24H23N3O4.BrH/c1-30-21-12-17(13-22(31-2)23(21)29)20(28)15-27-19-11-7-6-10-18(19)26(24(27)25)14-16-8-4-3-5-9-16;/h3-13,25,29H,14-15H2,1-2H3;1H. The van der Waals surface area contributed by atoms with E-state index in [-0.39, 0.29) is 52.2 Å². The van der Waals surface area contributed by atoms with Gasteiger partial charge in [-0.15, -0.1) is 17.0 Å². The Kier molecular flexibility index (Phi) is 7.05. The highest BCUT2D eigenvalue weighted by Crippen LogP contribution is 2.37. The molecule has 0 aliphatic carbocycles. The number of halogens is 1. The predicted octanol–water partition coefficient (Wildman–Crippen LogP) is 4.15. The van der Waals surface area contributed by atoms with Gasteiger partial charge in [0.05, 0.1) is 38.3 Å². The largest absolute Gasteiger partial charge is 0.502 e. The molecule has 0 unspecified atom stereocenters. The molecule has 0 bridgehead atoms. The average Bonchev–Trinajstić information content (AvgIpc) is 3.06. The number of ether oxygens (including phenoxy) is 2. The van der Waals surface area contributed by atoms with Gasteiger partial charge in [0.1, 0.15) is 0 Å². The molecule has 0 fully saturated rings. The van der Waals surface area contributed by atoms with E-state index in [4.69, 9.17) is 14.9 Å². The third-order valence-electron chi connectivity index (χ3n) is 5.26. The Bertz CT molecular complexity index is 1290. The summed E-state index contributed by atoms with van der Waals surface area (Å²) < 4.78 is 13.9. The maximum Gasteiger partial charge on any atom is 0.203 e. The average molecular weight is 498 g/mol. The number of carbonyl (C=O) groups is 1. The summed E-state index contributed by atoms with van der Waals surface area (Å²) in [6.07, 6.45) is 0. The Morgan fingerprint density at radius 3 is 2.00 bits per heavy atom. The van der Waals surface area contributed by atoms with Crippen molar-refractivity contribution in [1.29, 1.82) is 5.41 Å². The molecule has 32 heavy (non-hydrogen) atoms. The van der Waals surface area contributed by atoms with Gasteiger partial charge in [0, 0.05) is 5.56 Å². The summed E-state index contributed by atoms with van der Waals surface area (Å²) in [5, 5.41) is 18.9. The Balaban J connectivity index is 0.00000289. The van der Waals surface area contributed by atoms with Gasteiger partial charge < -0.3 is 23.7 Å². The van der Waals surface area contributed by atoms with Crippen LogP contribution in [0.2, 0.25) is 0 Å². The highest BCUT2D eigenvalue weighted by atomic mass is 79.9. The van der Waals surface area contributed by atoms with Gasteiger partial charge in [-0.3, -0.25) is 10.2 Å². The SMILES string of the molecule is Br.COc1cc(C(=O)Cn2c(=N)n(Cc3ccccc3)c3ccccc32)cc(OC)c1O. The molecule has 4 rings (SSSR count). The fraction of sp³-hybridized carbons (Fsp3) is 0.167. The number of carbonyl (C=O) groups excluding carboxylic acids is 1. The fourth-order valence-electron chi connectivity index (χ4n) is 3.67. The van der Waals surface area contributed by atoms with Gasteiger partial charge >= 0.3 is 0 Å². The predicted molar refractivity (Wildman–Crippen MR) is 127 cm³/mol. The third-order valence-corrected chi connectivity index (χ3v) is 5.26. The van der Waals surface area contributed by atoms with E-state index >= 15 is 0 Å². The van der Waals surface area contributed by atoms with Crippen LogP contribution in [0, 0.1) is 5.41 Å². The summed E-state index contributed by atoms with van der Waals surface area (Å²) in [5.41, 5.74) is 3.32. The summed E-state index contributed by atoms with van der Waals surface area (Å²) in [6, 6.07) is 20.5. The number of Topliss-reactive ketones (excluding diaryl/α,β-unsaturated/α-hetero) is 1. The maximum atomic E-state index is 13.1. The normalized spacial score (nSPS) is 10.6. The van der Waals surface area contributed by atoms with Crippen LogP contribution in [-0.4, -0.2) is 34.2 Å². The molecule has 2 N–H and O–H groups in total. The van der Waals surface area contributed by atoms with Crippen LogP contribution in [0.1, 0.15) is 15.9 Å². The number of hydrogen-bond donors (Lipinski definition) is 2. The van der Waals surface area contributed by atoms with Gasteiger partial charge in [0.15, 0.2) is 17.3 Å². The number of phenols is 1. The van der Waals surface area contributed by atoms with Gasteiger partial charge in [-0.05, 0) is 29.8 Å². The van der Waals surface area contributed by atoms with E-state index < -0.39 is 0 Å². The van der Waals surface area contributed by atoms with E-state index in [0.29, 0.717) is 12.1 Å². The van der Waals surface area contributed by atoms with Crippen LogP contribution < -0.4 is 15.1 Å². The van der Waals surface area contributed by atoms with Crippen molar-refractivity contribution in [1.82, 2.24) is 9.13 Å².